The second kappa shape index (κ2) is 11.5. The third-order valence-electron chi connectivity index (χ3n) is 5.58. The van der Waals surface area contributed by atoms with Gasteiger partial charge in [-0.05, 0) is 26.7 Å². The van der Waals surface area contributed by atoms with Gasteiger partial charge < -0.3 is 15.1 Å². The lowest BCUT2D eigenvalue weighted by molar-refractivity contribution is -0.132. The Morgan fingerprint density at radius 3 is 2.45 bits per heavy atom. The van der Waals surface area contributed by atoms with Gasteiger partial charge in [-0.15, -0.1) is 11.3 Å². The quantitative estimate of drug-likeness (QED) is 0.563. The van der Waals surface area contributed by atoms with Crippen molar-refractivity contribution in [3.63, 3.8) is 0 Å². The maximum Gasteiger partial charge on any atom is 0.236 e. The second-order valence-corrected chi connectivity index (χ2v) is 9.23. The normalized spacial score (nSPS) is 19.3. The number of aromatic nitrogens is 1. The highest BCUT2D eigenvalue weighted by atomic mass is 32.1. The fourth-order valence-electron chi connectivity index (χ4n) is 3.93. The SMILES string of the molecule is CCNC(=NCCc1ncc(C)s1)N1CCN(CC(=O)N2CCCCCC2)CC1. The highest BCUT2D eigenvalue weighted by molar-refractivity contribution is 7.11. The van der Waals surface area contributed by atoms with Crippen molar-refractivity contribution in [1.29, 1.82) is 0 Å². The highest BCUT2D eigenvalue weighted by Crippen LogP contribution is 2.12. The van der Waals surface area contributed by atoms with E-state index in [0.717, 1.165) is 82.6 Å². The van der Waals surface area contributed by atoms with Crippen molar-refractivity contribution in [3.05, 3.63) is 16.1 Å². The van der Waals surface area contributed by atoms with Crippen LogP contribution in [0.2, 0.25) is 0 Å². The molecule has 0 atom stereocenters. The van der Waals surface area contributed by atoms with Crippen LogP contribution in [-0.2, 0) is 11.2 Å². The number of carbonyl (C=O) groups excluding carboxylic acids is 1. The van der Waals surface area contributed by atoms with Crippen LogP contribution in [0.15, 0.2) is 11.2 Å². The van der Waals surface area contributed by atoms with Gasteiger partial charge in [-0.1, -0.05) is 12.8 Å². The summed E-state index contributed by atoms with van der Waals surface area (Å²) in [7, 11) is 0. The van der Waals surface area contributed by atoms with Crippen molar-refractivity contribution in [2.24, 2.45) is 4.99 Å². The molecule has 0 unspecified atom stereocenters. The zero-order valence-electron chi connectivity index (χ0n) is 18.0. The predicted octanol–water partition coefficient (Wildman–Crippen LogP) is 1.98. The molecule has 162 valence electrons. The number of thiazole rings is 1. The van der Waals surface area contributed by atoms with Crippen molar-refractivity contribution in [1.82, 2.24) is 25.0 Å². The first-order valence-electron chi connectivity index (χ1n) is 11.1. The molecule has 1 N–H and O–H groups in total. The summed E-state index contributed by atoms with van der Waals surface area (Å²) in [5.74, 6) is 1.29. The zero-order valence-corrected chi connectivity index (χ0v) is 18.8. The van der Waals surface area contributed by atoms with E-state index in [4.69, 9.17) is 4.99 Å². The van der Waals surface area contributed by atoms with Gasteiger partial charge in [0.25, 0.3) is 0 Å². The van der Waals surface area contributed by atoms with E-state index in [9.17, 15) is 4.79 Å². The molecule has 2 fully saturated rings. The number of amides is 1. The summed E-state index contributed by atoms with van der Waals surface area (Å²) in [5, 5.41) is 4.58. The average Bonchev–Trinajstić information content (AvgIpc) is 2.96. The summed E-state index contributed by atoms with van der Waals surface area (Å²) in [6.07, 6.45) is 7.65. The minimum atomic E-state index is 0.305. The summed E-state index contributed by atoms with van der Waals surface area (Å²) in [5.41, 5.74) is 0. The van der Waals surface area contributed by atoms with Gasteiger partial charge in [-0.2, -0.15) is 0 Å². The van der Waals surface area contributed by atoms with Gasteiger partial charge in [-0.3, -0.25) is 14.7 Å². The molecule has 3 heterocycles. The molecule has 1 aromatic heterocycles. The molecule has 0 spiro atoms. The Morgan fingerprint density at radius 2 is 1.83 bits per heavy atom. The monoisotopic (exact) mass is 420 g/mol. The Bertz CT molecular complexity index is 660. The number of guanidine groups is 1. The fourth-order valence-corrected chi connectivity index (χ4v) is 4.71. The molecule has 2 saturated heterocycles. The van der Waals surface area contributed by atoms with Crippen LogP contribution in [0.3, 0.4) is 0 Å². The molecule has 7 nitrogen and oxygen atoms in total. The van der Waals surface area contributed by atoms with E-state index < -0.39 is 0 Å². The van der Waals surface area contributed by atoms with Gasteiger partial charge in [0.05, 0.1) is 11.6 Å². The minimum absolute atomic E-state index is 0.305. The Morgan fingerprint density at radius 1 is 1.10 bits per heavy atom. The molecule has 0 aliphatic carbocycles. The summed E-state index contributed by atoms with van der Waals surface area (Å²) >= 11 is 1.75. The summed E-state index contributed by atoms with van der Waals surface area (Å²) in [6.45, 7) is 11.9. The van der Waals surface area contributed by atoms with E-state index in [0.29, 0.717) is 12.5 Å². The fraction of sp³-hybridized carbons (Fsp3) is 0.762. The first-order valence-corrected chi connectivity index (χ1v) is 11.9. The maximum absolute atomic E-state index is 12.6. The standard InChI is InChI=1S/C21H36N6OS/c1-3-22-21(23-9-8-19-24-16-18(2)29-19)27-14-12-25(13-15-27)17-20(28)26-10-6-4-5-7-11-26/h16H,3-15,17H2,1-2H3,(H,22,23). The number of carbonyl (C=O) groups is 1. The van der Waals surface area contributed by atoms with E-state index in [-0.39, 0.29) is 0 Å². The van der Waals surface area contributed by atoms with E-state index in [1.807, 2.05) is 6.20 Å². The maximum atomic E-state index is 12.6. The smallest absolute Gasteiger partial charge is 0.236 e. The summed E-state index contributed by atoms with van der Waals surface area (Å²) < 4.78 is 0. The number of likely N-dealkylation sites (tertiary alicyclic amines) is 1. The molecule has 0 aromatic carbocycles. The molecular formula is C21H36N6OS. The van der Waals surface area contributed by atoms with Crippen molar-refractivity contribution in [3.8, 4) is 0 Å². The molecule has 2 aliphatic rings. The largest absolute Gasteiger partial charge is 0.357 e. The minimum Gasteiger partial charge on any atom is -0.357 e. The molecule has 8 heteroatoms. The van der Waals surface area contributed by atoms with Crippen LogP contribution < -0.4 is 5.32 Å². The lowest BCUT2D eigenvalue weighted by Crippen LogP contribution is -2.54. The molecule has 0 radical (unpaired) electrons. The number of aliphatic imine (C=N–C) groups is 1. The average molecular weight is 421 g/mol. The van der Waals surface area contributed by atoms with Gasteiger partial charge in [0.2, 0.25) is 5.91 Å². The number of hydrogen-bond acceptors (Lipinski definition) is 5. The summed E-state index contributed by atoms with van der Waals surface area (Å²) in [6, 6.07) is 0. The molecule has 0 bridgehead atoms. The Kier molecular flexibility index (Phi) is 8.73. The van der Waals surface area contributed by atoms with Crippen molar-refractivity contribution >= 4 is 23.2 Å². The topological polar surface area (TPSA) is 64.1 Å². The van der Waals surface area contributed by atoms with Gasteiger partial charge in [0.15, 0.2) is 5.96 Å². The third kappa shape index (κ3) is 6.96. The molecule has 29 heavy (non-hydrogen) atoms. The Hall–Kier alpha value is -1.67. The first kappa shape index (κ1) is 22.0. The summed E-state index contributed by atoms with van der Waals surface area (Å²) in [4.78, 5) is 29.8. The van der Waals surface area contributed by atoms with Crippen LogP contribution >= 0.6 is 11.3 Å². The van der Waals surface area contributed by atoms with Gasteiger partial charge in [0.1, 0.15) is 0 Å². The van der Waals surface area contributed by atoms with Gasteiger partial charge in [0, 0.05) is 69.9 Å². The van der Waals surface area contributed by atoms with Crippen molar-refractivity contribution < 1.29 is 4.79 Å². The number of rotatable bonds is 6. The van der Waals surface area contributed by atoms with Gasteiger partial charge in [-0.25, -0.2) is 4.98 Å². The lowest BCUT2D eigenvalue weighted by atomic mass is 10.2. The van der Waals surface area contributed by atoms with Crippen LogP contribution in [0.5, 0.6) is 0 Å². The Balaban J connectivity index is 1.45. The van der Waals surface area contributed by atoms with Crippen LogP contribution in [-0.4, -0.2) is 90.5 Å². The van der Waals surface area contributed by atoms with Crippen molar-refractivity contribution in [2.75, 3.05) is 58.9 Å². The van der Waals surface area contributed by atoms with E-state index in [1.54, 1.807) is 11.3 Å². The van der Waals surface area contributed by atoms with Crippen LogP contribution in [0, 0.1) is 6.92 Å². The van der Waals surface area contributed by atoms with Crippen LogP contribution in [0.4, 0.5) is 0 Å². The van der Waals surface area contributed by atoms with Crippen molar-refractivity contribution in [2.45, 2.75) is 46.0 Å². The molecular weight excluding hydrogens is 384 g/mol. The number of hydrogen-bond donors (Lipinski definition) is 1. The third-order valence-corrected chi connectivity index (χ3v) is 6.55. The van der Waals surface area contributed by atoms with Crippen LogP contribution in [0.1, 0.15) is 42.5 Å². The van der Waals surface area contributed by atoms with E-state index in [2.05, 4.69) is 38.8 Å². The molecule has 2 aliphatic heterocycles. The highest BCUT2D eigenvalue weighted by Gasteiger charge is 2.23. The van der Waals surface area contributed by atoms with Gasteiger partial charge >= 0.3 is 0 Å². The molecule has 1 amide bonds. The number of piperazine rings is 1. The zero-order chi connectivity index (χ0) is 20.5. The first-order chi connectivity index (χ1) is 14.2. The Labute approximate surface area is 179 Å². The second-order valence-electron chi connectivity index (χ2n) is 7.91. The lowest BCUT2D eigenvalue weighted by Gasteiger charge is -2.37. The van der Waals surface area contributed by atoms with Crippen LogP contribution in [0.25, 0.3) is 0 Å². The number of nitrogens with one attached hydrogen (secondary N) is 1. The van der Waals surface area contributed by atoms with E-state index in [1.165, 1.54) is 17.7 Å². The number of aryl methyl sites for hydroxylation is 1. The molecule has 3 rings (SSSR count). The number of nitrogens with zero attached hydrogens (tertiary/aromatic N) is 5. The molecule has 1 aromatic rings. The molecule has 0 saturated carbocycles. The predicted molar refractivity (Wildman–Crippen MR) is 120 cm³/mol. The van der Waals surface area contributed by atoms with E-state index >= 15 is 0 Å².